The summed E-state index contributed by atoms with van der Waals surface area (Å²) in [4.78, 5) is 55.9. The van der Waals surface area contributed by atoms with Gasteiger partial charge in [-0.15, -0.1) is 0 Å². The Kier molecular flexibility index (Phi) is 5.06. The van der Waals surface area contributed by atoms with E-state index < -0.39 is 46.4 Å². The molecule has 7 rings (SSSR count). The molecule has 2 amide bonds. The van der Waals surface area contributed by atoms with Crippen molar-refractivity contribution in [1.29, 1.82) is 0 Å². The Morgan fingerprint density at radius 1 is 0.897 bits per heavy atom. The number of imide groups is 1. The molecule has 0 aromatic heterocycles. The number of hydrogen-bond acceptors (Lipinski definition) is 8. The van der Waals surface area contributed by atoms with Crippen molar-refractivity contribution in [3.05, 3.63) is 99.7 Å². The first kappa shape index (κ1) is 23.2. The fourth-order valence-corrected chi connectivity index (χ4v) is 6.23. The van der Waals surface area contributed by atoms with E-state index in [0.29, 0.717) is 30.4 Å². The molecule has 0 radical (unpaired) electrons. The summed E-state index contributed by atoms with van der Waals surface area (Å²) in [5.41, 5.74) is 1.97. The first-order chi connectivity index (χ1) is 18.9. The molecule has 0 spiro atoms. The molecule has 10 nitrogen and oxygen atoms in total. The molecule has 0 aliphatic carbocycles. The number of hydrogen-bond donors (Lipinski definition) is 0. The summed E-state index contributed by atoms with van der Waals surface area (Å²) in [6.45, 7) is 0.757. The smallest absolute Gasteiger partial charge is 0.270 e. The number of rotatable bonds is 4. The van der Waals surface area contributed by atoms with Gasteiger partial charge in [-0.25, -0.2) is 4.90 Å². The van der Waals surface area contributed by atoms with Crippen molar-refractivity contribution in [3.63, 3.8) is 0 Å². The third-order valence-electron chi connectivity index (χ3n) is 7.86. The zero-order valence-electron chi connectivity index (χ0n) is 20.4. The third-order valence-corrected chi connectivity index (χ3v) is 7.86. The first-order valence-electron chi connectivity index (χ1n) is 12.5. The number of carbonyl (C=O) groups is 3. The Bertz CT molecular complexity index is 1620. The van der Waals surface area contributed by atoms with E-state index in [1.54, 1.807) is 29.3 Å². The molecule has 3 aromatic rings. The standard InChI is InChI=1S/C29H21N3O7/c33-27(17-5-3-6-19(14-17)32(36)37)26-24-23(25-20-7-2-1-4-16(20)10-11-30(25)26)28(34)31(29(24)35)18-8-9-21-22(15-18)39-13-12-38-21/h1-11,14-15,23-26H,12-13H2/t23-,24+,25+,26-/m0/s1. The van der Waals surface area contributed by atoms with E-state index in [0.717, 1.165) is 16.0 Å². The van der Waals surface area contributed by atoms with E-state index in [1.165, 1.54) is 24.3 Å². The van der Waals surface area contributed by atoms with Crippen LogP contribution in [0.3, 0.4) is 0 Å². The molecule has 4 aliphatic heterocycles. The van der Waals surface area contributed by atoms with Crippen molar-refractivity contribution in [1.82, 2.24) is 4.90 Å². The number of nitro benzene ring substituents is 1. The predicted octanol–water partition coefficient (Wildman–Crippen LogP) is 3.76. The summed E-state index contributed by atoms with van der Waals surface area (Å²) in [6.07, 6.45) is 3.61. The highest BCUT2D eigenvalue weighted by atomic mass is 16.6. The van der Waals surface area contributed by atoms with Crippen molar-refractivity contribution >= 4 is 35.0 Å². The summed E-state index contributed by atoms with van der Waals surface area (Å²) >= 11 is 0. The number of fused-ring (bicyclic) bond motifs is 6. The van der Waals surface area contributed by atoms with Crippen LogP contribution >= 0.6 is 0 Å². The van der Waals surface area contributed by atoms with Crippen LogP contribution in [0.2, 0.25) is 0 Å². The highest BCUT2D eigenvalue weighted by molar-refractivity contribution is 6.24. The zero-order valence-corrected chi connectivity index (χ0v) is 20.4. The normalized spacial score (nSPS) is 24.3. The van der Waals surface area contributed by atoms with Gasteiger partial charge in [-0.1, -0.05) is 36.4 Å². The van der Waals surface area contributed by atoms with E-state index in [4.69, 9.17) is 9.47 Å². The maximum Gasteiger partial charge on any atom is 0.270 e. The SMILES string of the molecule is O=C(c1cccc([N+](=O)[O-])c1)[C@@H]1[C@@H]2C(=O)N(c3ccc4c(c3)OCCO4)C(=O)[C@@H]2[C@H]2c3ccccc3C=CN12. The van der Waals surface area contributed by atoms with Crippen LogP contribution in [0.1, 0.15) is 27.5 Å². The monoisotopic (exact) mass is 523 g/mol. The molecule has 0 N–H and O–H groups in total. The first-order valence-corrected chi connectivity index (χ1v) is 12.5. The van der Waals surface area contributed by atoms with Crippen molar-refractivity contribution in [2.75, 3.05) is 18.1 Å². The summed E-state index contributed by atoms with van der Waals surface area (Å²) in [6, 6.07) is 16.4. The highest BCUT2D eigenvalue weighted by Crippen LogP contribution is 2.54. The lowest BCUT2D eigenvalue weighted by Crippen LogP contribution is -2.44. The fourth-order valence-electron chi connectivity index (χ4n) is 6.23. The van der Waals surface area contributed by atoms with Crippen molar-refractivity contribution in [3.8, 4) is 11.5 Å². The van der Waals surface area contributed by atoms with E-state index >= 15 is 0 Å². The Balaban J connectivity index is 1.35. The molecule has 3 aromatic carbocycles. The zero-order chi connectivity index (χ0) is 26.8. The molecule has 4 aliphatic rings. The molecule has 2 saturated heterocycles. The van der Waals surface area contributed by atoms with Crippen LogP contribution in [0.25, 0.3) is 6.08 Å². The van der Waals surface area contributed by atoms with E-state index in [-0.39, 0.29) is 11.3 Å². The number of nitro groups is 1. The highest BCUT2D eigenvalue weighted by Gasteiger charge is 2.64. The third kappa shape index (κ3) is 3.37. The van der Waals surface area contributed by atoms with E-state index in [1.807, 2.05) is 30.3 Å². The molecule has 0 unspecified atom stereocenters. The number of amides is 2. The van der Waals surface area contributed by atoms with Crippen LogP contribution in [0.5, 0.6) is 11.5 Å². The minimum absolute atomic E-state index is 0.110. The van der Waals surface area contributed by atoms with Gasteiger partial charge in [-0.05, 0) is 29.3 Å². The number of benzene rings is 3. The summed E-state index contributed by atoms with van der Waals surface area (Å²) in [5, 5.41) is 11.4. The Morgan fingerprint density at radius 3 is 2.49 bits per heavy atom. The number of anilines is 1. The number of carbonyl (C=O) groups excluding carboxylic acids is 3. The van der Waals surface area contributed by atoms with E-state index in [9.17, 15) is 24.5 Å². The second kappa shape index (κ2) is 8.52. The lowest BCUT2D eigenvalue weighted by molar-refractivity contribution is -0.384. The Hall–Kier alpha value is -4.99. The largest absolute Gasteiger partial charge is 0.486 e. The molecule has 0 saturated carbocycles. The van der Waals surface area contributed by atoms with Gasteiger partial charge >= 0.3 is 0 Å². The predicted molar refractivity (Wildman–Crippen MR) is 138 cm³/mol. The maximum atomic E-state index is 14.1. The topological polar surface area (TPSA) is 119 Å². The fraction of sp³-hybridized carbons (Fsp3) is 0.207. The summed E-state index contributed by atoms with van der Waals surface area (Å²) in [5.74, 6) is -2.20. The molecule has 10 heteroatoms. The van der Waals surface area contributed by atoms with Crippen LogP contribution in [0, 0.1) is 22.0 Å². The Labute approximate surface area is 222 Å². The molecule has 4 heterocycles. The number of nitrogens with zero attached hydrogens (tertiary/aromatic N) is 3. The summed E-state index contributed by atoms with van der Waals surface area (Å²) < 4.78 is 11.3. The lowest BCUT2D eigenvalue weighted by Gasteiger charge is -2.35. The van der Waals surface area contributed by atoms with Gasteiger partial charge in [0.2, 0.25) is 11.8 Å². The average molecular weight is 524 g/mol. The van der Waals surface area contributed by atoms with Crippen molar-refractivity contribution in [2.45, 2.75) is 12.1 Å². The molecular formula is C29H21N3O7. The van der Waals surface area contributed by atoms with Gasteiger partial charge in [0.1, 0.15) is 19.3 Å². The number of ketones is 1. The second-order valence-electron chi connectivity index (χ2n) is 9.84. The van der Waals surface area contributed by atoms with Gasteiger partial charge in [0.25, 0.3) is 5.69 Å². The van der Waals surface area contributed by atoms with Crippen LogP contribution in [-0.4, -0.2) is 46.7 Å². The van der Waals surface area contributed by atoms with Gasteiger partial charge < -0.3 is 14.4 Å². The maximum absolute atomic E-state index is 14.1. The van der Waals surface area contributed by atoms with Gasteiger partial charge in [-0.3, -0.25) is 24.5 Å². The lowest BCUT2D eigenvalue weighted by atomic mass is 9.83. The van der Waals surface area contributed by atoms with Gasteiger partial charge in [0, 0.05) is 30.0 Å². The number of Topliss-reactive ketones (excluding diaryl/α,β-unsaturated/α-hetero) is 1. The van der Waals surface area contributed by atoms with Gasteiger partial charge in [0.05, 0.1) is 28.5 Å². The van der Waals surface area contributed by atoms with Crippen LogP contribution in [-0.2, 0) is 9.59 Å². The molecule has 39 heavy (non-hydrogen) atoms. The minimum Gasteiger partial charge on any atom is -0.486 e. The van der Waals surface area contributed by atoms with E-state index in [2.05, 4.69) is 0 Å². The quantitative estimate of drug-likeness (QED) is 0.219. The van der Waals surface area contributed by atoms with Crippen LogP contribution < -0.4 is 14.4 Å². The molecule has 4 atom stereocenters. The molecule has 0 bridgehead atoms. The van der Waals surface area contributed by atoms with Gasteiger partial charge in [-0.2, -0.15) is 0 Å². The van der Waals surface area contributed by atoms with Gasteiger partial charge in [0.15, 0.2) is 17.3 Å². The molecule has 194 valence electrons. The average Bonchev–Trinajstić information content (AvgIpc) is 3.44. The van der Waals surface area contributed by atoms with Crippen LogP contribution in [0.15, 0.2) is 72.9 Å². The summed E-state index contributed by atoms with van der Waals surface area (Å²) in [7, 11) is 0. The number of ether oxygens (including phenoxy) is 2. The second-order valence-corrected chi connectivity index (χ2v) is 9.84. The van der Waals surface area contributed by atoms with Crippen LogP contribution in [0.4, 0.5) is 11.4 Å². The van der Waals surface area contributed by atoms with Crippen molar-refractivity contribution < 1.29 is 28.8 Å². The number of non-ortho nitro benzene ring substituents is 1. The molecule has 2 fully saturated rings. The van der Waals surface area contributed by atoms with Crippen molar-refractivity contribution in [2.24, 2.45) is 11.8 Å². The molecular weight excluding hydrogens is 502 g/mol. The minimum atomic E-state index is -1.02. The Morgan fingerprint density at radius 2 is 1.67 bits per heavy atom.